The summed E-state index contributed by atoms with van der Waals surface area (Å²) in [7, 11) is 3.31. The summed E-state index contributed by atoms with van der Waals surface area (Å²) in [6.07, 6.45) is 5.30. The molecule has 3 aliphatic carbocycles. The molecule has 18 nitrogen and oxygen atoms in total. The highest BCUT2D eigenvalue weighted by Crippen LogP contribution is 2.47. The maximum Gasteiger partial charge on any atom is 0.246 e. The van der Waals surface area contributed by atoms with Crippen LogP contribution in [-0.2, 0) is 38.4 Å². The fraction of sp³-hybridized carbons (Fsp3) is 0.500. The van der Waals surface area contributed by atoms with Gasteiger partial charge in [0.25, 0.3) is 0 Å². The van der Waals surface area contributed by atoms with Gasteiger partial charge in [0, 0.05) is 38.0 Å². The number of benzene rings is 3. The average molecular weight is 1070 g/mol. The molecule has 0 radical (unpaired) electrons. The first kappa shape index (κ1) is 57.0. The number of carbonyl (C=O) groups is 8. The van der Waals surface area contributed by atoms with E-state index in [2.05, 4.69) is 54.7 Å². The Labute approximate surface area is 458 Å². The van der Waals surface area contributed by atoms with Crippen molar-refractivity contribution in [3.63, 3.8) is 0 Å². The highest BCUT2D eigenvalue weighted by molar-refractivity contribution is 5.97. The lowest BCUT2D eigenvalue weighted by Crippen LogP contribution is -2.59. The van der Waals surface area contributed by atoms with Gasteiger partial charge in [-0.3, -0.25) is 38.4 Å². The van der Waals surface area contributed by atoms with Crippen LogP contribution in [0.15, 0.2) is 90.5 Å². The van der Waals surface area contributed by atoms with Gasteiger partial charge < -0.3 is 52.3 Å². The van der Waals surface area contributed by atoms with Crippen molar-refractivity contribution in [2.75, 3.05) is 27.2 Å². The molecule has 8 N–H and O–H groups in total. The quantitative estimate of drug-likeness (QED) is 0.0909. The van der Waals surface area contributed by atoms with Crippen LogP contribution in [-0.4, -0.2) is 133 Å². The van der Waals surface area contributed by atoms with E-state index in [4.69, 9.17) is 0 Å². The first-order valence-corrected chi connectivity index (χ1v) is 27.4. The zero-order valence-electron chi connectivity index (χ0n) is 46.7. The lowest BCUT2D eigenvalue weighted by atomic mass is 9.85. The van der Waals surface area contributed by atoms with E-state index >= 15 is 0 Å². The van der Waals surface area contributed by atoms with Crippen LogP contribution >= 0.6 is 0 Å². The predicted molar refractivity (Wildman–Crippen MR) is 298 cm³/mol. The van der Waals surface area contributed by atoms with Crippen molar-refractivity contribution >= 4 is 52.8 Å². The van der Waals surface area contributed by atoms with Crippen LogP contribution in [0.25, 0.3) is 16.7 Å². The second-order valence-corrected chi connectivity index (χ2v) is 23.7. The van der Waals surface area contributed by atoms with Gasteiger partial charge in [0.2, 0.25) is 47.3 Å². The van der Waals surface area contributed by atoms with Crippen molar-refractivity contribution in [1.82, 2.24) is 52.3 Å². The molecule has 2 saturated heterocycles. The fourth-order valence-electron chi connectivity index (χ4n) is 11.5. The summed E-state index contributed by atoms with van der Waals surface area (Å²) in [6, 6.07) is 16.4. The van der Waals surface area contributed by atoms with Crippen LogP contribution in [0, 0.1) is 10.8 Å². The summed E-state index contributed by atoms with van der Waals surface area (Å²) in [4.78, 5) is 115. The van der Waals surface area contributed by atoms with Gasteiger partial charge >= 0.3 is 0 Å². The van der Waals surface area contributed by atoms with Gasteiger partial charge in [-0.1, -0.05) is 126 Å². The van der Waals surface area contributed by atoms with Crippen LogP contribution in [0.3, 0.4) is 0 Å². The van der Waals surface area contributed by atoms with Crippen LogP contribution < -0.4 is 42.5 Å². The number of amides is 8. The number of fused-ring (bicyclic) bond motifs is 6. The highest BCUT2D eigenvalue weighted by Gasteiger charge is 2.49. The number of nitrogens with zero attached hydrogens (tertiary/aromatic N) is 2. The second kappa shape index (κ2) is 23.4. The largest absolute Gasteiger partial charge is 0.351 e. The Morgan fingerprint density at radius 3 is 1.36 bits per heavy atom. The maximum absolute atomic E-state index is 14.7. The van der Waals surface area contributed by atoms with E-state index in [1.54, 1.807) is 27.9 Å². The maximum atomic E-state index is 14.7. The molecule has 0 spiro atoms. The number of likely N-dealkylation sites (N-methyl/N-ethyl adjacent to an activating group) is 2. The van der Waals surface area contributed by atoms with E-state index in [0.29, 0.717) is 0 Å². The van der Waals surface area contributed by atoms with Crippen molar-refractivity contribution in [3.05, 3.63) is 113 Å². The van der Waals surface area contributed by atoms with E-state index in [1.165, 1.54) is 9.80 Å². The molecule has 8 rings (SSSR count). The van der Waals surface area contributed by atoms with Crippen molar-refractivity contribution in [2.24, 2.45) is 10.8 Å². The Kier molecular flexibility index (Phi) is 17.1. The monoisotopic (exact) mass is 1070 g/mol. The Morgan fingerprint density at radius 2 is 0.936 bits per heavy atom. The van der Waals surface area contributed by atoms with Gasteiger partial charge in [-0.25, -0.2) is 0 Å². The third-order valence-corrected chi connectivity index (χ3v) is 16.0. The Bertz CT molecular complexity index is 2860. The summed E-state index contributed by atoms with van der Waals surface area (Å²) >= 11 is 0. The first-order chi connectivity index (χ1) is 37.0. The minimum Gasteiger partial charge on any atom is -0.351 e. The third-order valence-electron chi connectivity index (χ3n) is 16.0. The van der Waals surface area contributed by atoms with Crippen LogP contribution in [0.2, 0.25) is 0 Å². The van der Waals surface area contributed by atoms with Crippen molar-refractivity contribution in [3.8, 4) is 11.1 Å². The number of hydrogen-bond acceptors (Lipinski definition) is 10. The first-order valence-electron chi connectivity index (χ1n) is 27.4. The normalized spacial score (nSPS) is 21.8. The summed E-state index contributed by atoms with van der Waals surface area (Å²) in [5, 5.41) is 24.2. The van der Waals surface area contributed by atoms with E-state index in [1.807, 2.05) is 114 Å². The molecule has 2 fully saturated rings. The third kappa shape index (κ3) is 12.1. The molecule has 78 heavy (non-hydrogen) atoms. The molecule has 0 saturated carbocycles. The number of likely N-dealkylation sites (tertiary alicyclic amines) is 2. The molecule has 3 aromatic carbocycles. The fourth-order valence-corrected chi connectivity index (χ4v) is 11.5. The molecule has 1 unspecified atom stereocenters. The Balaban J connectivity index is 0.933. The molecule has 0 aromatic heterocycles. The smallest absolute Gasteiger partial charge is 0.246 e. The Morgan fingerprint density at radius 1 is 0.538 bits per heavy atom. The summed E-state index contributed by atoms with van der Waals surface area (Å²) in [6.45, 7) is 14.5. The molecule has 9 atom stereocenters. The second-order valence-electron chi connectivity index (χ2n) is 23.7. The Hall–Kier alpha value is -7.18. The van der Waals surface area contributed by atoms with Gasteiger partial charge in [-0.15, -0.1) is 0 Å². The zero-order valence-corrected chi connectivity index (χ0v) is 46.7. The number of carbonyl (C=O) groups excluding carboxylic acids is 8. The lowest BCUT2D eigenvalue weighted by molar-refractivity contribution is -0.144. The van der Waals surface area contributed by atoms with Gasteiger partial charge in [0.05, 0.1) is 24.2 Å². The molecular weight excluding hydrogens is 989 g/mol. The van der Waals surface area contributed by atoms with Crippen molar-refractivity contribution in [2.45, 2.75) is 154 Å². The minimum absolute atomic E-state index is 0.00759. The summed E-state index contributed by atoms with van der Waals surface area (Å²) < 4.78 is 0. The predicted octanol–water partition coefficient (Wildman–Crippen LogP) is 4.08. The molecule has 0 bridgehead atoms. The van der Waals surface area contributed by atoms with Crippen LogP contribution in [0.1, 0.15) is 128 Å². The topological polar surface area (TPSA) is 239 Å². The van der Waals surface area contributed by atoms with Crippen LogP contribution in [0.4, 0.5) is 0 Å². The van der Waals surface area contributed by atoms with E-state index in [0.717, 1.165) is 50.9 Å². The number of hydrogen-bond donors (Lipinski definition) is 8. The van der Waals surface area contributed by atoms with Gasteiger partial charge in [0.15, 0.2) is 0 Å². The number of allylic oxidation sites excluding steroid dienone is 2. The van der Waals surface area contributed by atoms with Crippen molar-refractivity contribution < 1.29 is 38.4 Å². The minimum atomic E-state index is -1.00. The molecule has 3 aromatic rings. The highest BCUT2D eigenvalue weighted by atomic mass is 16.2. The van der Waals surface area contributed by atoms with E-state index in [9.17, 15) is 38.4 Å². The molecular formula is C60H78N10O8. The molecule has 416 valence electrons. The van der Waals surface area contributed by atoms with Gasteiger partial charge in [-0.2, -0.15) is 0 Å². The van der Waals surface area contributed by atoms with E-state index in [-0.39, 0.29) is 74.7 Å². The van der Waals surface area contributed by atoms with Crippen LogP contribution in [0.5, 0.6) is 0 Å². The van der Waals surface area contributed by atoms with E-state index < -0.39 is 89.0 Å². The molecule has 5 aliphatic rings. The molecule has 8 amide bonds. The molecule has 2 aliphatic heterocycles. The van der Waals surface area contributed by atoms with Gasteiger partial charge in [-0.05, 0) is 109 Å². The number of nitrogens with one attached hydrogen (secondary N) is 8. The zero-order chi connectivity index (χ0) is 56.4. The lowest BCUT2D eigenvalue weighted by Gasteiger charge is -2.36. The molecule has 18 heteroatoms. The average Bonchev–Trinajstić information content (AvgIpc) is 4.44. The van der Waals surface area contributed by atoms with Gasteiger partial charge in [0.1, 0.15) is 24.2 Å². The molecule has 2 heterocycles. The van der Waals surface area contributed by atoms with Crippen molar-refractivity contribution in [1.29, 1.82) is 0 Å². The summed E-state index contributed by atoms with van der Waals surface area (Å²) in [5.74, 6) is -3.15. The SMILES string of the molecule is CN[C@@H](C)C(=O)N[C@H](C(=O)N1C[C@@H](NC(=O)CCCC(=O)N[C@H]2C[C@@H](C(=O)NC3c4ccccc4-c4ccccc43)N(C(=O)[C@@H](NC(=O)[C@H](C)NC)C(C)(C)C)C2)C[C@H]1C(=O)NC1C2=CCC=C2c2ccccc21)C(C)(C)C. The standard InChI is InChI=1S/C60H78N10O8/c1-33(61-9)53(73)67-51(59(3,4)5)57(77)69-31-35(29-45(69)55(75)65-49-41-22-14-11-19-37(41)38-20-12-15-23-42(38)49)63-47(71)27-18-28-48(72)64-36-30-46(70(32-36)58(78)52(60(6,7)8)68-54(74)34(2)62-10)56(76)66-50-43-24-16-13-21-39(43)40-25-17-26-44(40)50/h11-16,19-26,33-36,45-46,49-52,61-62H,17-18,27-32H2,1-10H3,(H,63,71)(H,64,72)(H,65,75)(H,66,76)(H,67,73)(H,68,74)/t33-,34-,35-,36-,45-,46-,50?,51+,52+/m0/s1. The summed E-state index contributed by atoms with van der Waals surface area (Å²) in [5.41, 5.74) is 6.49. The number of rotatable bonds is 18.